The zero-order valence-electron chi connectivity index (χ0n) is 9.98. The maximum atomic E-state index is 10.7. The highest BCUT2D eigenvalue weighted by Crippen LogP contribution is 2.39. The van der Waals surface area contributed by atoms with Crippen molar-refractivity contribution in [3.8, 4) is 0 Å². The Morgan fingerprint density at radius 1 is 1.31 bits per heavy atom. The smallest absolute Gasteiger partial charge is 0.280 e. The van der Waals surface area contributed by atoms with E-state index in [0.29, 0.717) is 11.8 Å². The summed E-state index contributed by atoms with van der Waals surface area (Å²) in [5, 5.41) is -1.11. The van der Waals surface area contributed by atoms with Crippen LogP contribution in [-0.2, 0) is 10.1 Å². The van der Waals surface area contributed by atoms with Crippen LogP contribution in [0.4, 0.5) is 0 Å². The molecule has 16 heavy (non-hydrogen) atoms. The SMILES string of the molecule is CC1(CCCC(N)S(=O)(=O)O)CCCCC1. The quantitative estimate of drug-likeness (QED) is 0.733. The van der Waals surface area contributed by atoms with Gasteiger partial charge in [-0.15, -0.1) is 0 Å². The van der Waals surface area contributed by atoms with Crippen LogP contribution in [0.15, 0.2) is 0 Å². The standard InChI is InChI=1S/C11H23NO3S/c1-11(7-3-2-4-8-11)9-5-6-10(12)16(13,14)15/h10H,2-9,12H2,1H3,(H,13,14,15). The van der Waals surface area contributed by atoms with Crippen LogP contribution in [0, 0.1) is 5.41 Å². The lowest BCUT2D eigenvalue weighted by Gasteiger charge is -2.33. The highest BCUT2D eigenvalue weighted by Gasteiger charge is 2.27. The third-order valence-corrected chi connectivity index (χ3v) is 4.71. The van der Waals surface area contributed by atoms with Gasteiger partial charge in [-0.05, 0) is 31.1 Å². The molecule has 1 saturated carbocycles. The maximum absolute atomic E-state index is 10.7. The molecule has 1 fully saturated rings. The summed E-state index contributed by atoms with van der Waals surface area (Å²) in [4.78, 5) is 0. The normalized spacial score (nSPS) is 22.9. The Morgan fingerprint density at radius 3 is 2.38 bits per heavy atom. The molecule has 0 spiro atoms. The molecule has 5 heteroatoms. The van der Waals surface area contributed by atoms with Crippen molar-refractivity contribution in [2.24, 2.45) is 11.1 Å². The first-order valence-corrected chi connectivity index (χ1v) is 7.56. The van der Waals surface area contributed by atoms with E-state index in [2.05, 4.69) is 6.92 Å². The summed E-state index contributed by atoms with van der Waals surface area (Å²) < 4.78 is 30.2. The molecule has 0 radical (unpaired) electrons. The lowest BCUT2D eigenvalue weighted by atomic mass is 9.72. The molecule has 96 valence electrons. The van der Waals surface area contributed by atoms with Gasteiger partial charge in [-0.1, -0.05) is 32.6 Å². The van der Waals surface area contributed by atoms with Gasteiger partial charge >= 0.3 is 0 Å². The fourth-order valence-electron chi connectivity index (χ4n) is 2.53. The van der Waals surface area contributed by atoms with Crippen molar-refractivity contribution in [2.45, 2.75) is 63.7 Å². The molecular formula is C11H23NO3S. The Morgan fingerprint density at radius 2 is 1.88 bits per heavy atom. The van der Waals surface area contributed by atoms with Crippen LogP contribution in [0.5, 0.6) is 0 Å². The predicted octanol–water partition coefficient (Wildman–Crippen LogP) is 2.30. The molecule has 0 heterocycles. The van der Waals surface area contributed by atoms with E-state index >= 15 is 0 Å². The molecule has 1 aliphatic rings. The van der Waals surface area contributed by atoms with Gasteiger partial charge in [0.25, 0.3) is 10.1 Å². The lowest BCUT2D eigenvalue weighted by molar-refractivity contribution is 0.192. The molecule has 0 aromatic rings. The zero-order chi connectivity index (χ0) is 12.2. The van der Waals surface area contributed by atoms with Crippen molar-refractivity contribution in [1.29, 1.82) is 0 Å². The Balaban J connectivity index is 2.29. The number of hydrogen-bond donors (Lipinski definition) is 2. The van der Waals surface area contributed by atoms with Crippen LogP contribution in [0.2, 0.25) is 0 Å². The molecule has 1 unspecified atom stereocenters. The van der Waals surface area contributed by atoms with Gasteiger partial charge in [0.1, 0.15) is 5.37 Å². The zero-order valence-corrected chi connectivity index (χ0v) is 10.8. The average Bonchev–Trinajstić information content (AvgIpc) is 2.17. The highest BCUT2D eigenvalue weighted by atomic mass is 32.2. The van der Waals surface area contributed by atoms with E-state index in [1.54, 1.807) is 0 Å². The van der Waals surface area contributed by atoms with E-state index in [9.17, 15) is 8.42 Å². The molecule has 3 N–H and O–H groups in total. The third-order valence-electron chi connectivity index (χ3n) is 3.71. The summed E-state index contributed by atoms with van der Waals surface area (Å²) in [5.74, 6) is 0. The second-order valence-electron chi connectivity index (χ2n) is 5.32. The lowest BCUT2D eigenvalue weighted by Crippen LogP contribution is -2.30. The minimum Gasteiger partial charge on any atom is -0.313 e. The number of hydrogen-bond acceptors (Lipinski definition) is 3. The monoisotopic (exact) mass is 249 g/mol. The van der Waals surface area contributed by atoms with Gasteiger partial charge in [0.2, 0.25) is 0 Å². The van der Waals surface area contributed by atoms with Crippen LogP contribution in [0.25, 0.3) is 0 Å². The summed E-state index contributed by atoms with van der Waals surface area (Å²) in [6.45, 7) is 2.27. The molecule has 0 aliphatic heterocycles. The molecule has 0 bridgehead atoms. The molecule has 0 saturated heterocycles. The summed E-state index contributed by atoms with van der Waals surface area (Å²) in [5.41, 5.74) is 5.73. The van der Waals surface area contributed by atoms with Gasteiger partial charge in [-0.2, -0.15) is 8.42 Å². The molecule has 0 aromatic heterocycles. The Labute approximate surface area is 98.4 Å². The van der Waals surface area contributed by atoms with Crippen molar-refractivity contribution in [3.05, 3.63) is 0 Å². The van der Waals surface area contributed by atoms with Gasteiger partial charge in [-0.3, -0.25) is 4.55 Å². The molecule has 4 nitrogen and oxygen atoms in total. The maximum Gasteiger partial charge on any atom is 0.280 e. The molecule has 1 rings (SSSR count). The fraction of sp³-hybridized carbons (Fsp3) is 1.00. The Bertz CT molecular complexity index is 307. The fourth-order valence-corrected chi connectivity index (χ4v) is 3.00. The van der Waals surface area contributed by atoms with Crippen molar-refractivity contribution in [2.75, 3.05) is 0 Å². The number of rotatable bonds is 5. The molecule has 0 amide bonds. The van der Waals surface area contributed by atoms with Crippen molar-refractivity contribution in [3.63, 3.8) is 0 Å². The molecular weight excluding hydrogens is 226 g/mol. The summed E-state index contributed by atoms with van der Waals surface area (Å²) in [7, 11) is -4.05. The Kier molecular flexibility index (Phi) is 4.76. The summed E-state index contributed by atoms with van der Waals surface area (Å²) in [6, 6.07) is 0. The van der Waals surface area contributed by atoms with Crippen LogP contribution in [0.1, 0.15) is 58.3 Å². The predicted molar refractivity (Wildman–Crippen MR) is 64.6 cm³/mol. The second kappa shape index (κ2) is 5.47. The first-order chi connectivity index (χ1) is 7.33. The van der Waals surface area contributed by atoms with Crippen molar-refractivity contribution >= 4 is 10.1 Å². The minimum atomic E-state index is -4.05. The van der Waals surface area contributed by atoms with Crippen LogP contribution < -0.4 is 5.73 Å². The molecule has 1 aliphatic carbocycles. The topological polar surface area (TPSA) is 80.4 Å². The van der Waals surface area contributed by atoms with Crippen molar-refractivity contribution < 1.29 is 13.0 Å². The molecule has 0 aromatic carbocycles. The van der Waals surface area contributed by atoms with Crippen molar-refractivity contribution in [1.82, 2.24) is 0 Å². The van der Waals surface area contributed by atoms with E-state index in [1.807, 2.05) is 0 Å². The van der Waals surface area contributed by atoms with E-state index in [0.717, 1.165) is 12.8 Å². The van der Waals surface area contributed by atoms with E-state index < -0.39 is 15.5 Å². The minimum absolute atomic E-state index is 0.356. The summed E-state index contributed by atoms with van der Waals surface area (Å²) >= 11 is 0. The Hall–Kier alpha value is -0.130. The first kappa shape index (κ1) is 13.9. The average molecular weight is 249 g/mol. The van der Waals surface area contributed by atoms with Gasteiger partial charge in [0.05, 0.1) is 0 Å². The largest absolute Gasteiger partial charge is 0.313 e. The van der Waals surface area contributed by atoms with E-state index in [1.165, 1.54) is 32.1 Å². The first-order valence-electron chi connectivity index (χ1n) is 6.05. The highest BCUT2D eigenvalue weighted by molar-refractivity contribution is 7.86. The van der Waals surface area contributed by atoms with Crippen LogP contribution in [0.3, 0.4) is 0 Å². The van der Waals surface area contributed by atoms with Crippen LogP contribution in [-0.4, -0.2) is 18.3 Å². The number of nitrogens with two attached hydrogens (primary N) is 1. The molecule has 1 atom stereocenters. The van der Waals surface area contributed by atoms with E-state index in [4.69, 9.17) is 10.3 Å². The second-order valence-corrected chi connectivity index (χ2v) is 6.95. The third kappa shape index (κ3) is 4.39. The summed E-state index contributed by atoms with van der Waals surface area (Å²) in [6.07, 6.45) is 8.48. The van der Waals surface area contributed by atoms with Gasteiger partial charge in [-0.25, -0.2) is 0 Å². The van der Waals surface area contributed by atoms with Gasteiger partial charge < -0.3 is 5.73 Å². The van der Waals surface area contributed by atoms with Gasteiger partial charge in [0.15, 0.2) is 0 Å². The van der Waals surface area contributed by atoms with E-state index in [-0.39, 0.29) is 0 Å². The van der Waals surface area contributed by atoms with Crippen LogP contribution >= 0.6 is 0 Å². The van der Waals surface area contributed by atoms with Gasteiger partial charge in [0, 0.05) is 0 Å².